The van der Waals surface area contributed by atoms with Gasteiger partial charge in [-0.15, -0.1) is 0 Å². The molecule has 0 heterocycles. The fourth-order valence-corrected chi connectivity index (χ4v) is 0.999. The zero-order valence-corrected chi connectivity index (χ0v) is 8.37. The van der Waals surface area contributed by atoms with Crippen molar-refractivity contribution in [2.75, 3.05) is 0 Å². The summed E-state index contributed by atoms with van der Waals surface area (Å²) >= 11 is 0. The average Bonchev–Trinajstić information content (AvgIpc) is 2.01. The van der Waals surface area contributed by atoms with Gasteiger partial charge >= 0.3 is 0 Å². The average molecular weight is 177 g/mol. The van der Waals surface area contributed by atoms with Crippen LogP contribution in [0.25, 0.3) is 0 Å². The highest BCUT2D eigenvalue weighted by Crippen LogP contribution is 2.22. The summed E-state index contributed by atoms with van der Waals surface area (Å²) in [6.07, 6.45) is 0. The molecule has 0 N–H and O–H groups in total. The highest BCUT2D eigenvalue weighted by Gasteiger charge is 2.11. The summed E-state index contributed by atoms with van der Waals surface area (Å²) in [5.74, 6) is 0.831. The van der Waals surface area contributed by atoms with Gasteiger partial charge in [0, 0.05) is 6.07 Å². The van der Waals surface area contributed by atoms with Crippen LogP contribution in [0.5, 0.6) is 5.75 Å². The highest BCUT2D eigenvalue weighted by atomic mass is 16.5. The second kappa shape index (κ2) is 3.60. The molecule has 13 heavy (non-hydrogen) atoms. The van der Waals surface area contributed by atoms with E-state index in [-0.39, 0.29) is 5.60 Å². The van der Waals surface area contributed by atoms with Gasteiger partial charge in [-0.3, -0.25) is 4.99 Å². The summed E-state index contributed by atoms with van der Waals surface area (Å²) < 4.78 is 5.66. The predicted octanol–water partition coefficient (Wildman–Crippen LogP) is 3.20. The summed E-state index contributed by atoms with van der Waals surface area (Å²) in [6.45, 7) is 9.51. The predicted molar refractivity (Wildman–Crippen MR) is 56.0 cm³/mol. The summed E-state index contributed by atoms with van der Waals surface area (Å²) in [5, 5.41) is 0. The Balaban J connectivity index is 2.84. The Kier molecular flexibility index (Phi) is 2.71. The Hall–Kier alpha value is -1.31. The fraction of sp³-hybridized carbons (Fsp3) is 0.364. The quantitative estimate of drug-likeness (QED) is 0.636. The van der Waals surface area contributed by atoms with Gasteiger partial charge in [0.05, 0.1) is 5.69 Å². The van der Waals surface area contributed by atoms with E-state index in [1.807, 2.05) is 45.0 Å². The first-order chi connectivity index (χ1) is 6.01. The van der Waals surface area contributed by atoms with E-state index < -0.39 is 0 Å². The zero-order valence-electron chi connectivity index (χ0n) is 8.37. The smallest absolute Gasteiger partial charge is 0.122 e. The Bertz CT molecular complexity index is 299. The lowest BCUT2D eigenvalue weighted by molar-refractivity contribution is 0.131. The maximum absolute atomic E-state index is 5.66. The molecule has 70 valence electrons. The first-order valence-electron chi connectivity index (χ1n) is 4.27. The molecule has 1 rings (SSSR count). The van der Waals surface area contributed by atoms with Crippen LogP contribution >= 0.6 is 0 Å². The third kappa shape index (κ3) is 3.28. The summed E-state index contributed by atoms with van der Waals surface area (Å²) in [4.78, 5) is 3.83. The summed E-state index contributed by atoms with van der Waals surface area (Å²) in [7, 11) is 0. The molecule has 0 spiro atoms. The van der Waals surface area contributed by atoms with E-state index in [0.29, 0.717) is 0 Å². The van der Waals surface area contributed by atoms with Crippen LogP contribution in [0.2, 0.25) is 0 Å². The van der Waals surface area contributed by atoms with E-state index in [1.54, 1.807) is 0 Å². The SMILES string of the molecule is C=Nc1cccc(OC(C)(C)C)c1. The number of ether oxygens (including phenoxy) is 1. The molecule has 0 fully saturated rings. The van der Waals surface area contributed by atoms with Crippen LogP contribution in [0.4, 0.5) is 5.69 Å². The maximum atomic E-state index is 5.66. The van der Waals surface area contributed by atoms with E-state index in [9.17, 15) is 0 Å². The normalized spacial score (nSPS) is 11.0. The van der Waals surface area contributed by atoms with Crippen LogP contribution in [0.15, 0.2) is 29.3 Å². The van der Waals surface area contributed by atoms with Crippen molar-refractivity contribution in [1.29, 1.82) is 0 Å². The number of aliphatic imine (C=N–C) groups is 1. The molecule has 0 radical (unpaired) electrons. The number of rotatable bonds is 2. The molecule has 0 aliphatic heterocycles. The molecular weight excluding hydrogens is 162 g/mol. The van der Waals surface area contributed by atoms with Crippen LogP contribution in [0.3, 0.4) is 0 Å². The lowest BCUT2D eigenvalue weighted by atomic mass is 10.2. The van der Waals surface area contributed by atoms with Gasteiger partial charge in [0.25, 0.3) is 0 Å². The molecule has 0 saturated carbocycles. The number of hydrogen-bond donors (Lipinski definition) is 0. The molecule has 0 aliphatic rings. The molecule has 0 atom stereocenters. The Labute approximate surface area is 79.3 Å². The Morgan fingerprint density at radius 3 is 2.54 bits per heavy atom. The van der Waals surface area contributed by atoms with Gasteiger partial charge in [0.2, 0.25) is 0 Å². The molecule has 0 amide bonds. The fourth-order valence-electron chi connectivity index (χ4n) is 0.999. The van der Waals surface area contributed by atoms with Crippen LogP contribution in [-0.4, -0.2) is 12.3 Å². The van der Waals surface area contributed by atoms with Gasteiger partial charge in [-0.2, -0.15) is 0 Å². The molecule has 1 aromatic rings. The van der Waals surface area contributed by atoms with E-state index in [1.165, 1.54) is 0 Å². The highest BCUT2D eigenvalue weighted by molar-refractivity contribution is 5.48. The molecule has 0 bridgehead atoms. The molecule has 1 aromatic carbocycles. The standard InChI is InChI=1S/C11H15NO/c1-11(2,3)13-10-7-5-6-9(8-10)12-4/h5-8H,4H2,1-3H3. The monoisotopic (exact) mass is 177 g/mol. The van der Waals surface area contributed by atoms with E-state index in [0.717, 1.165) is 11.4 Å². The second-order valence-electron chi connectivity index (χ2n) is 3.87. The van der Waals surface area contributed by atoms with Gasteiger partial charge in [-0.1, -0.05) is 6.07 Å². The first-order valence-corrected chi connectivity index (χ1v) is 4.27. The van der Waals surface area contributed by atoms with Gasteiger partial charge in [-0.25, -0.2) is 0 Å². The summed E-state index contributed by atoms with van der Waals surface area (Å²) in [5.41, 5.74) is 0.668. The van der Waals surface area contributed by atoms with E-state index in [4.69, 9.17) is 4.74 Å². The first kappa shape index (κ1) is 9.78. The molecule has 0 aliphatic carbocycles. The molecule has 2 heteroatoms. The van der Waals surface area contributed by atoms with Crippen molar-refractivity contribution in [3.05, 3.63) is 24.3 Å². The molecule has 2 nitrogen and oxygen atoms in total. The number of benzene rings is 1. The third-order valence-electron chi connectivity index (χ3n) is 1.42. The molecule has 0 unspecified atom stereocenters. The van der Waals surface area contributed by atoms with Crippen LogP contribution in [0.1, 0.15) is 20.8 Å². The van der Waals surface area contributed by atoms with E-state index in [2.05, 4.69) is 11.7 Å². The van der Waals surface area contributed by atoms with Crippen LogP contribution < -0.4 is 4.74 Å². The summed E-state index contributed by atoms with van der Waals surface area (Å²) in [6, 6.07) is 7.59. The maximum Gasteiger partial charge on any atom is 0.122 e. The van der Waals surface area contributed by atoms with E-state index >= 15 is 0 Å². The van der Waals surface area contributed by atoms with Crippen molar-refractivity contribution >= 4 is 12.4 Å². The van der Waals surface area contributed by atoms with Crippen molar-refractivity contribution in [3.8, 4) is 5.75 Å². The van der Waals surface area contributed by atoms with Crippen LogP contribution in [-0.2, 0) is 0 Å². The van der Waals surface area contributed by atoms with Gasteiger partial charge in [0.1, 0.15) is 11.4 Å². The molecule has 0 aromatic heterocycles. The Morgan fingerprint density at radius 1 is 1.31 bits per heavy atom. The Morgan fingerprint density at radius 2 is 2.00 bits per heavy atom. The second-order valence-corrected chi connectivity index (χ2v) is 3.87. The minimum absolute atomic E-state index is 0.167. The number of nitrogens with zero attached hydrogens (tertiary/aromatic N) is 1. The zero-order chi connectivity index (χ0) is 9.90. The third-order valence-corrected chi connectivity index (χ3v) is 1.42. The minimum atomic E-state index is -0.167. The van der Waals surface area contributed by atoms with Crippen molar-refractivity contribution in [2.45, 2.75) is 26.4 Å². The molecule has 0 saturated heterocycles. The van der Waals surface area contributed by atoms with Gasteiger partial charge < -0.3 is 4.74 Å². The van der Waals surface area contributed by atoms with Crippen molar-refractivity contribution in [1.82, 2.24) is 0 Å². The van der Waals surface area contributed by atoms with Gasteiger partial charge in [0.15, 0.2) is 0 Å². The lowest BCUT2D eigenvalue weighted by Gasteiger charge is -2.21. The van der Waals surface area contributed by atoms with Crippen molar-refractivity contribution in [3.63, 3.8) is 0 Å². The van der Waals surface area contributed by atoms with Crippen molar-refractivity contribution < 1.29 is 4.74 Å². The molecular formula is C11H15NO. The minimum Gasteiger partial charge on any atom is -0.488 e. The lowest BCUT2D eigenvalue weighted by Crippen LogP contribution is -2.22. The van der Waals surface area contributed by atoms with Crippen molar-refractivity contribution in [2.24, 2.45) is 4.99 Å². The largest absolute Gasteiger partial charge is 0.488 e. The number of hydrogen-bond acceptors (Lipinski definition) is 2. The topological polar surface area (TPSA) is 21.6 Å². The van der Waals surface area contributed by atoms with Gasteiger partial charge in [-0.05, 0) is 39.6 Å². The van der Waals surface area contributed by atoms with Crippen LogP contribution in [0, 0.1) is 0 Å².